The topological polar surface area (TPSA) is 17.8 Å². The van der Waals surface area contributed by atoms with Gasteiger partial charge < -0.3 is 0 Å². The van der Waals surface area contributed by atoms with Gasteiger partial charge in [-0.3, -0.25) is 4.57 Å². The summed E-state index contributed by atoms with van der Waals surface area (Å²) in [6.45, 7) is 0. The van der Waals surface area contributed by atoms with Crippen LogP contribution in [0.4, 0.5) is 0 Å². The fourth-order valence-electron chi connectivity index (χ4n) is 5.17. The Balaban J connectivity index is 1.60. The minimum atomic E-state index is 0.923. The van der Waals surface area contributed by atoms with Crippen molar-refractivity contribution >= 4 is 32.6 Å². The largest absolute Gasteiger partial charge is 0.294 e. The summed E-state index contributed by atoms with van der Waals surface area (Å²) in [7, 11) is 0. The van der Waals surface area contributed by atoms with Crippen molar-refractivity contribution < 1.29 is 0 Å². The summed E-state index contributed by atoms with van der Waals surface area (Å²) in [6.07, 6.45) is 0. The van der Waals surface area contributed by atoms with Gasteiger partial charge in [0.15, 0.2) is 0 Å². The first-order chi connectivity index (χ1) is 17.4. The second-order valence-corrected chi connectivity index (χ2v) is 8.86. The highest BCUT2D eigenvalue weighted by Gasteiger charge is 2.17. The first kappa shape index (κ1) is 19.7. The third-order valence-electron chi connectivity index (χ3n) is 6.78. The number of aromatic nitrogens is 2. The summed E-state index contributed by atoms with van der Waals surface area (Å²) in [5.41, 5.74) is 6.74. The summed E-state index contributed by atoms with van der Waals surface area (Å²) in [4.78, 5) is 5.21. The molecule has 0 amide bonds. The molecular weight excluding hydrogens is 424 g/mol. The Morgan fingerprint density at radius 3 is 1.91 bits per heavy atom. The molecule has 2 heteroatoms. The van der Waals surface area contributed by atoms with Crippen LogP contribution >= 0.6 is 0 Å². The molecule has 2 nitrogen and oxygen atoms in total. The summed E-state index contributed by atoms with van der Waals surface area (Å²) in [5, 5.41) is 5.03. The highest BCUT2D eigenvalue weighted by atomic mass is 15.1. The molecule has 0 spiro atoms. The van der Waals surface area contributed by atoms with E-state index in [1.165, 1.54) is 32.6 Å². The van der Waals surface area contributed by atoms with Crippen LogP contribution in [0.25, 0.3) is 60.8 Å². The van der Waals surface area contributed by atoms with Gasteiger partial charge in [0.1, 0.15) is 5.82 Å². The van der Waals surface area contributed by atoms with Crippen molar-refractivity contribution in [2.24, 2.45) is 0 Å². The lowest BCUT2D eigenvalue weighted by atomic mass is 10.0. The van der Waals surface area contributed by atoms with Crippen LogP contribution in [0.5, 0.6) is 0 Å². The van der Waals surface area contributed by atoms with Gasteiger partial charge in [0.2, 0.25) is 0 Å². The molecule has 0 fully saturated rings. The van der Waals surface area contributed by atoms with E-state index in [2.05, 4.69) is 132 Å². The predicted octanol–water partition coefficient (Wildman–Crippen LogP) is 8.67. The number of hydrogen-bond acceptors (Lipinski definition) is 1. The van der Waals surface area contributed by atoms with Gasteiger partial charge in [-0.15, -0.1) is 0 Å². The Labute approximate surface area is 203 Å². The molecule has 0 atom stereocenters. The van der Waals surface area contributed by atoms with Crippen molar-refractivity contribution in [3.63, 3.8) is 0 Å². The van der Waals surface area contributed by atoms with E-state index in [0.29, 0.717) is 0 Å². The minimum absolute atomic E-state index is 0.923. The van der Waals surface area contributed by atoms with Crippen molar-refractivity contribution in [3.8, 4) is 28.2 Å². The molecule has 35 heavy (non-hydrogen) atoms. The van der Waals surface area contributed by atoms with Crippen LogP contribution in [0.2, 0.25) is 0 Å². The molecule has 0 saturated heterocycles. The SMILES string of the molecule is c1ccc(-c2cc(-c3ccccc3)nc(-n3c4ccccc4c4c5ccccc5ccc43)c2)cc1. The second kappa shape index (κ2) is 7.96. The van der Waals surface area contributed by atoms with Gasteiger partial charge in [0, 0.05) is 16.3 Å². The van der Waals surface area contributed by atoms with Crippen molar-refractivity contribution in [2.75, 3.05) is 0 Å². The molecule has 164 valence electrons. The molecule has 0 unspecified atom stereocenters. The molecule has 0 radical (unpaired) electrons. The van der Waals surface area contributed by atoms with E-state index in [4.69, 9.17) is 4.98 Å². The fourth-order valence-corrected chi connectivity index (χ4v) is 5.17. The van der Waals surface area contributed by atoms with E-state index in [0.717, 1.165) is 28.2 Å². The van der Waals surface area contributed by atoms with E-state index in [1.807, 2.05) is 6.07 Å². The number of fused-ring (bicyclic) bond motifs is 5. The Kier molecular flexibility index (Phi) is 4.49. The van der Waals surface area contributed by atoms with Gasteiger partial charge in [-0.2, -0.15) is 0 Å². The Hall–Kier alpha value is -4.69. The average Bonchev–Trinajstić information content (AvgIpc) is 3.29. The van der Waals surface area contributed by atoms with Gasteiger partial charge in [-0.1, -0.05) is 109 Å². The molecule has 5 aromatic carbocycles. The smallest absolute Gasteiger partial charge is 0.138 e. The average molecular weight is 447 g/mol. The standard InChI is InChI=1S/C33H22N2/c1-3-11-23(12-4-1)26-21-29(25-14-5-2-6-15-25)34-32(22-26)35-30-18-10-9-17-28(30)33-27-16-8-7-13-24(27)19-20-31(33)35/h1-22H. The maximum Gasteiger partial charge on any atom is 0.138 e. The molecule has 0 N–H and O–H groups in total. The molecule has 2 aromatic heterocycles. The lowest BCUT2D eigenvalue weighted by Gasteiger charge is -2.13. The number of pyridine rings is 1. The lowest BCUT2D eigenvalue weighted by molar-refractivity contribution is 1.08. The highest BCUT2D eigenvalue weighted by molar-refractivity contribution is 6.21. The molecule has 0 aliphatic carbocycles. The van der Waals surface area contributed by atoms with Crippen LogP contribution in [-0.4, -0.2) is 9.55 Å². The van der Waals surface area contributed by atoms with Crippen LogP contribution in [0.1, 0.15) is 0 Å². The fraction of sp³-hybridized carbons (Fsp3) is 0. The van der Waals surface area contributed by atoms with Crippen LogP contribution in [0.15, 0.2) is 133 Å². The molecule has 0 bridgehead atoms. The number of para-hydroxylation sites is 1. The van der Waals surface area contributed by atoms with Crippen molar-refractivity contribution in [2.45, 2.75) is 0 Å². The third-order valence-corrected chi connectivity index (χ3v) is 6.78. The lowest BCUT2D eigenvalue weighted by Crippen LogP contribution is -2.00. The van der Waals surface area contributed by atoms with Crippen LogP contribution < -0.4 is 0 Å². The number of hydrogen-bond donors (Lipinski definition) is 0. The van der Waals surface area contributed by atoms with E-state index in [1.54, 1.807) is 0 Å². The van der Waals surface area contributed by atoms with Crippen molar-refractivity contribution in [1.29, 1.82) is 0 Å². The molecule has 0 saturated carbocycles. The Morgan fingerprint density at radius 2 is 1.11 bits per heavy atom. The zero-order valence-electron chi connectivity index (χ0n) is 19.1. The summed E-state index contributed by atoms with van der Waals surface area (Å²) in [6, 6.07) is 47.1. The van der Waals surface area contributed by atoms with E-state index >= 15 is 0 Å². The van der Waals surface area contributed by atoms with Crippen LogP contribution in [0.3, 0.4) is 0 Å². The van der Waals surface area contributed by atoms with Crippen molar-refractivity contribution in [1.82, 2.24) is 9.55 Å². The molecule has 2 heterocycles. The molecule has 0 aliphatic rings. The number of rotatable bonds is 3. The van der Waals surface area contributed by atoms with E-state index in [-0.39, 0.29) is 0 Å². The summed E-state index contributed by atoms with van der Waals surface area (Å²) < 4.78 is 2.32. The van der Waals surface area contributed by atoms with Gasteiger partial charge in [0.25, 0.3) is 0 Å². The Morgan fingerprint density at radius 1 is 0.457 bits per heavy atom. The van der Waals surface area contributed by atoms with Crippen molar-refractivity contribution in [3.05, 3.63) is 133 Å². The molecular formula is C33H22N2. The van der Waals surface area contributed by atoms with Gasteiger partial charge in [-0.25, -0.2) is 4.98 Å². The quantitative estimate of drug-likeness (QED) is 0.265. The highest BCUT2D eigenvalue weighted by Crippen LogP contribution is 2.37. The molecule has 7 aromatic rings. The monoisotopic (exact) mass is 446 g/mol. The van der Waals surface area contributed by atoms with Gasteiger partial charge >= 0.3 is 0 Å². The van der Waals surface area contributed by atoms with Gasteiger partial charge in [-0.05, 0) is 46.2 Å². The minimum Gasteiger partial charge on any atom is -0.294 e. The molecule has 0 aliphatic heterocycles. The summed E-state index contributed by atoms with van der Waals surface area (Å²) in [5.74, 6) is 0.923. The zero-order valence-corrected chi connectivity index (χ0v) is 19.1. The predicted molar refractivity (Wildman–Crippen MR) is 147 cm³/mol. The van der Waals surface area contributed by atoms with E-state index in [9.17, 15) is 0 Å². The maximum atomic E-state index is 5.21. The number of nitrogens with zero attached hydrogens (tertiary/aromatic N) is 2. The second-order valence-electron chi connectivity index (χ2n) is 8.86. The first-order valence-corrected chi connectivity index (χ1v) is 11.9. The Bertz CT molecular complexity index is 1770. The maximum absolute atomic E-state index is 5.21. The number of benzene rings is 5. The van der Waals surface area contributed by atoms with E-state index < -0.39 is 0 Å². The third kappa shape index (κ3) is 3.23. The van der Waals surface area contributed by atoms with Crippen LogP contribution in [0, 0.1) is 0 Å². The normalized spacial score (nSPS) is 11.4. The first-order valence-electron chi connectivity index (χ1n) is 11.9. The van der Waals surface area contributed by atoms with Crippen LogP contribution in [-0.2, 0) is 0 Å². The van der Waals surface area contributed by atoms with Gasteiger partial charge in [0.05, 0.1) is 16.7 Å². The summed E-state index contributed by atoms with van der Waals surface area (Å²) >= 11 is 0. The zero-order chi connectivity index (χ0) is 23.2. The molecule has 7 rings (SSSR count).